The Labute approximate surface area is 162 Å². The number of likely N-dealkylation sites (tertiary alicyclic amines) is 1. The number of methoxy groups -OCH3 is 1. The van der Waals surface area contributed by atoms with E-state index in [0.717, 1.165) is 37.6 Å². The lowest BCUT2D eigenvalue weighted by Gasteiger charge is -2.28. The van der Waals surface area contributed by atoms with Crippen LogP contribution in [0, 0.1) is 0 Å². The van der Waals surface area contributed by atoms with Gasteiger partial charge in [-0.15, -0.1) is 0 Å². The lowest BCUT2D eigenvalue weighted by molar-refractivity contribution is -0.137. The normalized spacial score (nSPS) is 16.0. The third-order valence-corrected chi connectivity index (χ3v) is 4.99. The predicted octanol–water partition coefficient (Wildman–Crippen LogP) is 4.28. The number of alkyl halides is 3. The van der Waals surface area contributed by atoms with Gasteiger partial charge in [-0.2, -0.15) is 13.2 Å². The molecule has 7 heteroatoms. The van der Waals surface area contributed by atoms with Gasteiger partial charge in [-0.3, -0.25) is 9.69 Å². The number of carbonyl (C=O) groups excluding carboxylic acids is 1. The van der Waals surface area contributed by atoms with Crippen molar-refractivity contribution in [2.75, 3.05) is 26.7 Å². The molecule has 1 atom stereocenters. The first kappa shape index (κ1) is 20.2. The fourth-order valence-electron chi connectivity index (χ4n) is 3.57. The van der Waals surface area contributed by atoms with Crippen LogP contribution in [-0.4, -0.2) is 37.6 Å². The largest absolute Gasteiger partial charge is 0.497 e. The molecule has 1 amide bonds. The first-order chi connectivity index (χ1) is 13.4. The molecule has 1 fully saturated rings. The second kappa shape index (κ2) is 8.65. The lowest BCUT2D eigenvalue weighted by atomic mass is 10.0. The van der Waals surface area contributed by atoms with Gasteiger partial charge in [0.25, 0.3) is 5.91 Å². The first-order valence-corrected chi connectivity index (χ1v) is 9.22. The van der Waals surface area contributed by atoms with E-state index in [0.29, 0.717) is 5.75 Å². The predicted molar refractivity (Wildman–Crippen MR) is 100 cm³/mol. The van der Waals surface area contributed by atoms with Gasteiger partial charge in [0.15, 0.2) is 0 Å². The van der Waals surface area contributed by atoms with Gasteiger partial charge in [0.2, 0.25) is 0 Å². The van der Waals surface area contributed by atoms with Crippen molar-refractivity contribution >= 4 is 5.91 Å². The van der Waals surface area contributed by atoms with Crippen LogP contribution in [0.3, 0.4) is 0 Å². The summed E-state index contributed by atoms with van der Waals surface area (Å²) >= 11 is 0. The van der Waals surface area contributed by atoms with Crippen LogP contribution in [0.5, 0.6) is 5.75 Å². The number of ether oxygens (including phenoxy) is 1. The van der Waals surface area contributed by atoms with E-state index in [1.165, 1.54) is 18.2 Å². The fraction of sp³-hybridized carbons (Fsp3) is 0.381. The van der Waals surface area contributed by atoms with Crippen LogP contribution >= 0.6 is 0 Å². The molecule has 1 saturated heterocycles. The number of rotatable bonds is 6. The summed E-state index contributed by atoms with van der Waals surface area (Å²) in [6, 6.07) is 12.3. The highest BCUT2D eigenvalue weighted by molar-refractivity contribution is 5.95. The number of halogens is 3. The summed E-state index contributed by atoms with van der Waals surface area (Å²) in [5, 5.41) is 2.70. The Morgan fingerprint density at radius 1 is 1.14 bits per heavy atom. The monoisotopic (exact) mass is 392 g/mol. The minimum Gasteiger partial charge on any atom is -0.497 e. The molecule has 1 unspecified atom stereocenters. The van der Waals surface area contributed by atoms with Crippen LogP contribution in [-0.2, 0) is 6.18 Å². The van der Waals surface area contributed by atoms with E-state index in [4.69, 9.17) is 4.74 Å². The topological polar surface area (TPSA) is 41.6 Å². The highest BCUT2D eigenvalue weighted by atomic mass is 19.4. The first-order valence-electron chi connectivity index (χ1n) is 9.22. The lowest BCUT2D eigenvalue weighted by Crippen LogP contribution is -2.37. The summed E-state index contributed by atoms with van der Waals surface area (Å²) < 4.78 is 44.9. The Hall–Kier alpha value is -2.54. The third kappa shape index (κ3) is 4.65. The average molecular weight is 392 g/mol. The van der Waals surface area contributed by atoms with E-state index >= 15 is 0 Å². The van der Waals surface area contributed by atoms with Crippen molar-refractivity contribution < 1.29 is 22.7 Å². The van der Waals surface area contributed by atoms with Crippen LogP contribution in [0.4, 0.5) is 13.2 Å². The van der Waals surface area contributed by atoms with Gasteiger partial charge >= 0.3 is 6.18 Å². The molecule has 1 aliphatic rings. The summed E-state index contributed by atoms with van der Waals surface area (Å²) in [4.78, 5) is 14.8. The van der Waals surface area contributed by atoms with E-state index in [2.05, 4.69) is 10.2 Å². The van der Waals surface area contributed by atoms with Crippen molar-refractivity contribution in [3.63, 3.8) is 0 Å². The minimum absolute atomic E-state index is 0.125. The zero-order chi connectivity index (χ0) is 20.1. The molecule has 150 valence electrons. The van der Waals surface area contributed by atoms with Crippen LogP contribution in [0.15, 0.2) is 48.5 Å². The molecule has 0 saturated carbocycles. The number of benzene rings is 2. The Morgan fingerprint density at radius 2 is 1.86 bits per heavy atom. The van der Waals surface area contributed by atoms with Crippen molar-refractivity contribution in [2.45, 2.75) is 25.1 Å². The van der Waals surface area contributed by atoms with Gasteiger partial charge in [0.1, 0.15) is 5.75 Å². The van der Waals surface area contributed by atoms with E-state index in [1.807, 2.05) is 24.3 Å². The maximum atomic E-state index is 13.2. The summed E-state index contributed by atoms with van der Waals surface area (Å²) in [5.41, 5.74) is -0.321. The molecule has 0 bridgehead atoms. The van der Waals surface area contributed by atoms with Crippen LogP contribution in [0.25, 0.3) is 0 Å². The van der Waals surface area contributed by atoms with Gasteiger partial charge in [0, 0.05) is 6.54 Å². The Bertz CT molecular complexity index is 817. The van der Waals surface area contributed by atoms with Crippen molar-refractivity contribution in [3.05, 3.63) is 65.2 Å². The van der Waals surface area contributed by atoms with Gasteiger partial charge in [0.05, 0.1) is 24.3 Å². The molecule has 2 aromatic carbocycles. The quantitative estimate of drug-likeness (QED) is 0.798. The smallest absolute Gasteiger partial charge is 0.417 e. The van der Waals surface area contributed by atoms with E-state index in [1.54, 1.807) is 7.11 Å². The summed E-state index contributed by atoms with van der Waals surface area (Å²) in [5.74, 6) is -0.0181. The van der Waals surface area contributed by atoms with Crippen molar-refractivity contribution in [3.8, 4) is 5.75 Å². The van der Waals surface area contributed by atoms with E-state index in [9.17, 15) is 18.0 Å². The van der Waals surface area contributed by atoms with Gasteiger partial charge in [-0.1, -0.05) is 24.3 Å². The highest BCUT2D eigenvalue weighted by Crippen LogP contribution is 2.32. The zero-order valence-electron chi connectivity index (χ0n) is 15.6. The minimum atomic E-state index is -4.57. The second-order valence-corrected chi connectivity index (χ2v) is 6.79. The van der Waals surface area contributed by atoms with Gasteiger partial charge < -0.3 is 10.1 Å². The molecular weight excluding hydrogens is 369 g/mol. The van der Waals surface area contributed by atoms with Crippen molar-refractivity contribution in [1.82, 2.24) is 10.2 Å². The molecule has 3 rings (SSSR count). The Balaban J connectivity index is 1.80. The van der Waals surface area contributed by atoms with Crippen molar-refractivity contribution in [2.24, 2.45) is 0 Å². The Kier molecular flexibility index (Phi) is 6.24. The number of nitrogens with one attached hydrogen (secondary N) is 1. The second-order valence-electron chi connectivity index (χ2n) is 6.79. The molecule has 4 nitrogen and oxygen atoms in total. The zero-order valence-corrected chi connectivity index (χ0v) is 15.6. The van der Waals surface area contributed by atoms with Crippen LogP contribution in [0.2, 0.25) is 0 Å². The standard InChI is InChI=1S/C21H23F3N2O2/c1-28-16-8-6-7-15(13-16)19(26-11-4-5-12-26)14-25-20(27)17-9-2-3-10-18(17)21(22,23)24/h2-3,6-10,13,19H,4-5,11-12,14H2,1H3,(H,25,27). The molecular formula is C21H23F3N2O2. The molecule has 0 aromatic heterocycles. The number of amides is 1. The SMILES string of the molecule is COc1cccc(C(CNC(=O)c2ccccc2C(F)(F)F)N2CCCC2)c1. The molecule has 0 aliphatic carbocycles. The number of hydrogen-bond donors (Lipinski definition) is 1. The summed E-state index contributed by atoms with van der Waals surface area (Å²) in [6.07, 6.45) is -2.45. The molecule has 0 radical (unpaired) electrons. The molecule has 1 aliphatic heterocycles. The summed E-state index contributed by atoms with van der Waals surface area (Å²) in [7, 11) is 1.58. The molecule has 28 heavy (non-hydrogen) atoms. The average Bonchev–Trinajstić information content (AvgIpc) is 3.22. The maximum absolute atomic E-state index is 13.2. The van der Waals surface area contributed by atoms with Gasteiger partial charge in [-0.05, 0) is 55.8 Å². The Morgan fingerprint density at radius 3 is 2.54 bits per heavy atom. The fourth-order valence-corrected chi connectivity index (χ4v) is 3.57. The molecule has 2 aromatic rings. The van der Waals surface area contributed by atoms with E-state index < -0.39 is 17.6 Å². The van der Waals surface area contributed by atoms with Crippen LogP contribution in [0.1, 0.15) is 40.4 Å². The molecule has 1 N–H and O–H groups in total. The number of carbonyl (C=O) groups is 1. The number of nitrogens with zero attached hydrogens (tertiary/aromatic N) is 1. The molecule has 1 heterocycles. The molecule has 0 spiro atoms. The maximum Gasteiger partial charge on any atom is 0.417 e. The van der Waals surface area contributed by atoms with Crippen molar-refractivity contribution in [1.29, 1.82) is 0 Å². The summed E-state index contributed by atoms with van der Waals surface area (Å²) in [6.45, 7) is 1.99. The number of hydrogen-bond acceptors (Lipinski definition) is 3. The van der Waals surface area contributed by atoms with Gasteiger partial charge in [-0.25, -0.2) is 0 Å². The third-order valence-electron chi connectivity index (χ3n) is 4.99. The highest BCUT2D eigenvalue weighted by Gasteiger charge is 2.35. The van der Waals surface area contributed by atoms with E-state index in [-0.39, 0.29) is 18.2 Å². The van der Waals surface area contributed by atoms with Crippen LogP contribution < -0.4 is 10.1 Å².